The fraction of sp³-hybridized carbons (Fsp3) is 0.875. The van der Waals surface area contributed by atoms with Gasteiger partial charge < -0.3 is 10.2 Å². The molecular formula is C8H16NO4P. The van der Waals surface area contributed by atoms with Gasteiger partial charge in [-0.2, -0.15) is 0 Å². The second kappa shape index (κ2) is 4.91. The molecule has 1 saturated carbocycles. The number of carbonyl (C=O) groups is 1. The molecule has 14 heavy (non-hydrogen) atoms. The largest absolute Gasteiger partial charge is 0.333 e. The summed E-state index contributed by atoms with van der Waals surface area (Å²) in [4.78, 5) is 20.1. The van der Waals surface area contributed by atoms with Crippen molar-refractivity contribution in [2.24, 2.45) is 5.92 Å². The van der Waals surface area contributed by atoms with Gasteiger partial charge in [0.1, 0.15) is 6.73 Å². The second-order valence-electron chi connectivity index (χ2n) is 3.60. The number of carbonyl (C=O) groups excluding carboxylic acids is 1. The summed E-state index contributed by atoms with van der Waals surface area (Å²) in [5.41, 5.74) is 0. The first kappa shape index (κ1) is 11.7. The zero-order valence-electron chi connectivity index (χ0n) is 8.23. The number of nitrogens with one attached hydrogen (secondary N) is 1. The van der Waals surface area contributed by atoms with Crippen LogP contribution in [0.15, 0.2) is 0 Å². The van der Waals surface area contributed by atoms with Crippen LogP contribution in [0.1, 0.15) is 25.7 Å². The van der Waals surface area contributed by atoms with Crippen LogP contribution < -0.4 is 5.32 Å². The molecule has 1 amide bonds. The predicted octanol–water partition coefficient (Wildman–Crippen LogP) is 1.08. The van der Waals surface area contributed by atoms with Gasteiger partial charge in [0, 0.05) is 12.6 Å². The van der Waals surface area contributed by atoms with E-state index < -0.39 is 7.60 Å². The van der Waals surface area contributed by atoms with Crippen molar-refractivity contribution in [1.29, 1.82) is 0 Å². The molecule has 1 fully saturated rings. The lowest BCUT2D eigenvalue weighted by Gasteiger charge is -2.11. The minimum atomic E-state index is -3.47. The highest BCUT2D eigenvalue weighted by Gasteiger charge is 2.22. The van der Waals surface area contributed by atoms with Gasteiger partial charge in [-0.05, 0) is 12.8 Å². The molecule has 0 spiro atoms. The zero-order valence-corrected chi connectivity index (χ0v) is 9.13. The molecule has 2 N–H and O–H groups in total. The highest BCUT2D eigenvalue weighted by atomic mass is 31.2. The van der Waals surface area contributed by atoms with Gasteiger partial charge in [0.15, 0.2) is 0 Å². The Balaban J connectivity index is 2.18. The summed E-state index contributed by atoms with van der Waals surface area (Å²) in [5.74, 6) is -0.00974. The average Bonchev–Trinajstić information content (AvgIpc) is 2.53. The van der Waals surface area contributed by atoms with E-state index in [1.807, 2.05) is 0 Å². The first-order chi connectivity index (χ1) is 6.49. The lowest BCUT2D eigenvalue weighted by Crippen LogP contribution is -2.30. The Labute approximate surface area is 83.4 Å². The lowest BCUT2D eigenvalue weighted by molar-refractivity contribution is -0.125. The van der Waals surface area contributed by atoms with Crippen LogP contribution in [0.25, 0.3) is 0 Å². The SMILES string of the molecule is CP(=O)(O)OCNC(=O)C1CCCC1. The van der Waals surface area contributed by atoms with Crippen molar-refractivity contribution in [2.75, 3.05) is 13.4 Å². The van der Waals surface area contributed by atoms with Gasteiger partial charge in [0.2, 0.25) is 5.91 Å². The maximum atomic E-state index is 11.4. The lowest BCUT2D eigenvalue weighted by atomic mass is 10.1. The number of hydrogen-bond donors (Lipinski definition) is 2. The predicted molar refractivity (Wildman–Crippen MR) is 51.8 cm³/mol. The van der Waals surface area contributed by atoms with Gasteiger partial charge in [-0.15, -0.1) is 0 Å². The molecule has 0 aromatic rings. The molecule has 0 heterocycles. The minimum absolute atomic E-state index is 0.0635. The third-order valence-electron chi connectivity index (χ3n) is 2.28. The summed E-state index contributed by atoms with van der Waals surface area (Å²) >= 11 is 0. The molecule has 0 aromatic heterocycles. The molecule has 0 aliphatic heterocycles. The van der Waals surface area contributed by atoms with Crippen molar-refractivity contribution in [1.82, 2.24) is 5.32 Å². The average molecular weight is 221 g/mol. The monoisotopic (exact) mass is 221 g/mol. The van der Waals surface area contributed by atoms with Crippen LogP contribution >= 0.6 is 7.60 Å². The van der Waals surface area contributed by atoms with Crippen LogP contribution in [0.2, 0.25) is 0 Å². The van der Waals surface area contributed by atoms with E-state index in [2.05, 4.69) is 9.84 Å². The molecule has 1 aliphatic rings. The van der Waals surface area contributed by atoms with E-state index >= 15 is 0 Å². The van der Waals surface area contributed by atoms with Gasteiger partial charge in [0.05, 0.1) is 0 Å². The molecular weight excluding hydrogens is 205 g/mol. The number of rotatable bonds is 4. The van der Waals surface area contributed by atoms with Crippen molar-refractivity contribution in [3.63, 3.8) is 0 Å². The summed E-state index contributed by atoms with van der Waals surface area (Å²) < 4.78 is 15.2. The van der Waals surface area contributed by atoms with Crippen LogP contribution in [0.5, 0.6) is 0 Å². The van der Waals surface area contributed by atoms with E-state index in [4.69, 9.17) is 4.89 Å². The first-order valence-corrected chi connectivity index (χ1v) is 6.74. The molecule has 1 aliphatic carbocycles. The van der Waals surface area contributed by atoms with E-state index in [1.54, 1.807) is 0 Å². The smallest absolute Gasteiger partial charge is 0.326 e. The van der Waals surface area contributed by atoms with E-state index in [0.717, 1.165) is 32.3 Å². The standard InChI is InChI=1S/C8H16NO4P/c1-14(11,12)13-6-9-8(10)7-4-2-3-5-7/h7H,2-6H2,1H3,(H,9,10)(H,11,12). The van der Waals surface area contributed by atoms with Gasteiger partial charge in [-0.3, -0.25) is 13.9 Å². The van der Waals surface area contributed by atoms with E-state index in [0.29, 0.717) is 0 Å². The molecule has 6 heteroatoms. The molecule has 0 bridgehead atoms. The number of hydrogen-bond acceptors (Lipinski definition) is 3. The normalized spacial score (nSPS) is 21.9. The maximum Gasteiger partial charge on any atom is 0.326 e. The molecule has 0 radical (unpaired) electrons. The van der Waals surface area contributed by atoms with Crippen LogP contribution in [0, 0.1) is 5.92 Å². The fourth-order valence-corrected chi connectivity index (χ4v) is 1.86. The van der Waals surface area contributed by atoms with Gasteiger partial charge in [0.25, 0.3) is 0 Å². The Morgan fingerprint density at radius 3 is 2.64 bits per heavy atom. The summed E-state index contributed by atoms with van der Waals surface area (Å²) in [6.45, 7) is 0.911. The molecule has 1 rings (SSSR count). The van der Waals surface area contributed by atoms with Gasteiger partial charge >= 0.3 is 7.60 Å². The summed E-state index contributed by atoms with van der Waals surface area (Å²) in [7, 11) is -3.47. The Hall–Kier alpha value is -0.380. The van der Waals surface area contributed by atoms with E-state index in [-0.39, 0.29) is 18.6 Å². The Morgan fingerprint density at radius 2 is 2.14 bits per heavy atom. The molecule has 1 unspecified atom stereocenters. The van der Waals surface area contributed by atoms with Crippen molar-refractivity contribution in [3.05, 3.63) is 0 Å². The third-order valence-corrected chi connectivity index (χ3v) is 2.88. The fourth-order valence-electron chi connectivity index (χ4n) is 1.56. The Bertz CT molecular complexity index is 244. The van der Waals surface area contributed by atoms with E-state index in [1.165, 1.54) is 0 Å². The summed E-state index contributed by atoms with van der Waals surface area (Å²) in [6.07, 6.45) is 4.00. The van der Waals surface area contributed by atoms with Gasteiger partial charge in [-0.25, -0.2) is 0 Å². The van der Waals surface area contributed by atoms with E-state index in [9.17, 15) is 9.36 Å². The van der Waals surface area contributed by atoms with Crippen molar-refractivity contribution in [3.8, 4) is 0 Å². The molecule has 5 nitrogen and oxygen atoms in total. The topological polar surface area (TPSA) is 75.6 Å². The Kier molecular flexibility index (Phi) is 4.11. The highest BCUT2D eigenvalue weighted by molar-refractivity contribution is 7.51. The van der Waals surface area contributed by atoms with Crippen LogP contribution in [-0.4, -0.2) is 24.2 Å². The molecule has 0 aromatic carbocycles. The minimum Gasteiger partial charge on any atom is -0.333 e. The molecule has 1 atom stereocenters. The second-order valence-corrected chi connectivity index (χ2v) is 5.46. The van der Waals surface area contributed by atoms with Gasteiger partial charge in [-0.1, -0.05) is 12.8 Å². The first-order valence-electron chi connectivity index (χ1n) is 4.71. The molecule has 0 saturated heterocycles. The van der Waals surface area contributed by atoms with Crippen molar-refractivity contribution < 1.29 is 18.8 Å². The van der Waals surface area contributed by atoms with Crippen LogP contribution in [-0.2, 0) is 13.9 Å². The van der Waals surface area contributed by atoms with Crippen molar-refractivity contribution in [2.45, 2.75) is 25.7 Å². The van der Waals surface area contributed by atoms with Crippen LogP contribution in [0.3, 0.4) is 0 Å². The Morgan fingerprint density at radius 1 is 1.57 bits per heavy atom. The zero-order chi connectivity index (χ0) is 10.6. The maximum absolute atomic E-state index is 11.4. The van der Waals surface area contributed by atoms with Crippen LogP contribution in [0.4, 0.5) is 0 Å². The molecule has 82 valence electrons. The van der Waals surface area contributed by atoms with Crippen molar-refractivity contribution >= 4 is 13.5 Å². The third kappa shape index (κ3) is 4.22. The number of amides is 1. The quantitative estimate of drug-likeness (QED) is 0.550. The summed E-state index contributed by atoms with van der Waals surface area (Å²) in [6, 6.07) is 0. The highest BCUT2D eigenvalue weighted by Crippen LogP contribution is 2.35. The summed E-state index contributed by atoms with van der Waals surface area (Å²) in [5, 5.41) is 2.49.